The largest absolute Gasteiger partial charge is 0.494 e. The van der Waals surface area contributed by atoms with Crippen LogP contribution >= 0.6 is 0 Å². The number of piperidine rings is 1. The monoisotopic (exact) mass is 440 g/mol. The minimum Gasteiger partial charge on any atom is -0.494 e. The molecule has 0 aromatic heterocycles. The number of nitrogens with two attached hydrogens (primary N) is 2. The van der Waals surface area contributed by atoms with Crippen LogP contribution in [0, 0.1) is 11.3 Å². The Bertz CT molecular complexity index is 741. The first-order valence-electron chi connectivity index (χ1n) is 11.7. The van der Waals surface area contributed by atoms with Gasteiger partial charge < -0.3 is 31.3 Å². The molecule has 2 aromatic carbocycles. The van der Waals surface area contributed by atoms with Gasteiger partial charge in [-0.3, -0.25) is 0 Å². The average Bonchev–Trinajstić information content (AvgIpc) is 2.87. The van der Waals surface area contributed by atoms with E-state index in [9.17, 15) is 0 Å². The lowest BCUT2D eigenvalue weighted by Crippen LogP contribution is -2.35. The minimum atomic E-state index is 0.573. The third-order valence-electron chi connectivity index (χ3n) is 5.83. The van der Waals surface area contributed by atoms with Crippen molar-refractivity contribution in [2.75, 3.05) is 39.9 Å². The fraction of sp³-hybridized carbons (Fsp3) is 0.500. The second kappa shape index (κ2) is 15.4. The number of ether oxygens (including phenoxy) is 2. The summed E-state index contributed by atoms with van der Waals surface area (Å²) in [6.45, 7) is 5.61. The van der Waals surface area contributed by atoms with Crippen molar-refractivity contribution in [1.29, 1.82) is 5.41 Å². The molecule has 6 nitrogen and oxygen atoms in total. The standard InChI is InChI=1S/C25H35N3O2.CH5N/c26-19-22-4-8-24(9-5-22)29-17-1-3-21-12-15-28(16-13-21)14-2-18-30-25-10-6-23(20-27)7-11-25;1-2/h4-11,19,21,26H,1-3,12-18,20,27H2;2H2,1H3. The maximum absolute atomic E-state index is 7.23. The Labute approximate surface area is 193 Å². The zero-order valence-corrected chi connectivity index (χ0v) is 19.5. The van der Waals surface area contributed by atoms with Crippen molar-refractivity contribution in [2.45, 2.75) is 38.6 Å². The third kappa shape index (κ3) is 9.39. The molecule has 176 valence electrons. The highest BCUT2D eigenvalue weighted by Gasteiger charge is 2.18. The Morgan fingerprint density at radius 2 is 1.47 bits per heavy atom. The van der Waals surface area contributed by atoms with Crippen LogP contribution in [0.1, 0.15) is 43.2 Å². The van der Waals surface area contributed by atoms with Crippen molar-refractivity contribution in [1.82, 2.24) is 4.90 Å². The van der Waals surface area contributed by atoms with E-state index in [1.54, 1.807) is 0 Å². The summed E-state index contributed by atoms with van der Waals surface area (Å²) in [6.07, 6.45) is 7.34. The molecular weight excluding hydrogens is 400 g/mol. The second-order valence-corrected chi connectivity index (χ2v) is 8.04. The molecule has 0 amide bonds. The highest BCUT2D eigenvalue weighted by Crippen LogP contribution is 2.22. The van der Waals surface area contributed by atoms with Crippen molar-refractivity contribution in [3.05, 3.63) is 59.7 Å². The van der Waals surface area contributed by atoms with Crippen LogP contribution in [0.15, 0.2) is 48.5 Å². The number of hydrogen-bond donors (Lipinski definition) is 3. The van der Waals surface area contributed by atoms with Crippen LogP contribution in [0.4, 0.5) is 0 Å². The Balaban J connectivity index is 0.00000176. The van der Waals surface area contributed by atoms with E-state index < -0.39 is 0 Å². The van der Waals surface area contributed by atoms with Gasteiger partial charge in [0.25, 0.3) is 0 Å². The van der Waals surface area contributed by atoms with Crippen LogP contribution in [0.2, 0.25) is 0 Å². The molecule has 32 heavy (non-hydrogen) atoms. The van der Waals surface area contributed by atoms with E-state index in [-0.39, 0.29) is 0 Å². The molecule has 1 aliphatic heterocycles. The molecule has 0 saturated carbocycles. The molecule has 1 saturated heterocycles. The van der Waals surface area contributed by atoms with E-state index >= 15 is 0 Å². The van der Waals surface area contributed by atoms with Crippen molar-refractivity contribution in [3.63, 3.8) is 0 Å². The van der Waals surface area contributed by atoms with Gasteiger partial charge in [-0.1, -0.05) is 12.1 Å². The lowest BCUT2D eigenvalue weighted by Gasteiger charge is -2.32. The summed E-state index contributed by atoms with van der Waals surface area (Å²) in [5.74, 6) is 2.65. The summed E-state index contributed by atoms with van der Waals surface area (Å²) < 4.78 is 11.7. The summed E-state index contributed by atoms with van der Waals surface area (Å²) in [5.41, 5.74) is 12.2. The van der Waals surface area contributed by atoms with Crippen molar-refractivity contribution in [2.24, 2.45) is 17.4 Å². The van der Waals surface area contributed by atoms with Gasteiger partial charge >= 0.3 is 0 Å². The van der Waals surface area contributed by atoms with Crippen molar-refractivity contribution >= 4 is 6.21 Å². The number of nitrogens with one attached hydrogen (secondary N) is 1. The minimum absolute atomic E-state index is 0.573. The van der Waals surface area contributed by atoms with E-state index in [0.29, 0.717) is 6.54 Å². The molecule has 3 rings (SSSR count). The molecule has 5 N–H and O–H groups in total. The van der Waals surface area contributed by atoms with E-state index in [1.165, 1.54) is 45.6 Å². The number of benzene rings is 2. The zero-order chi connectivity index (χ0) is 23.0. The Morgan fingerprint density at radius 1 is 0.906 bits per heavy atom. The molecule has 0 aliphatic carbocycles. The first-order valence-corrected chi connectivity index (χ1v) is 11.7. The summed E-state index contributed by atoms with van der Waals surface area (Å²) in [4.78, 5) is 2.57. The molecule has 0 radical (unpaired) electrons. The lowest BCUT2D eigenvalue weighted by atomic mass is 9.92. The molecule has 0 atom stereocenters. The van der Waals surface area contributed by atoms with Crippen molar-refractivity contribution in [3.8, 4) is 11.5 Å². The number of likely N-dealkylation sites (tertiary alicyclic amines) is 1. The van der Waals surface area contributed by atoms with Gasteiger partial charge in [0.2, 0.25) is 0 Å². The van der Waals surface area contributed by atoms with E-state index in [0.717, 1.165) is 61.1 Å². The van der Waals surface area contributed by atoms with Gasteiger partial charge in [0.15, 0.2) is 0 Å². The van der Waals surface area contributed by atoms with Crippen LogP contribution in [0.3, 0.4) is 0 Å². The quantitative estimate of drug-likeness (QED) is 0.342. The fourth-order valence-electron chi connectivity index (χ4n) is 3.92. The third-order valence-corrected chi connectivity index (χ3v) is 5.83. The van der Waals surface area contributed by atoms with Crippen LogP contribution in [-0.2, 0) is 6.54 Å². The molecule has 2 aromatic rings. The van der Waals surface area contributed by atoms with E-state index in [1.807, 2.05) is 48.5 Å². The molecule has 6 heteroatoms. The van der Waals surface area contributed by atoms with Gasteiger partial charge in [-0.2, -0.15) is 0 Å². The Kier molecular flexibility index (Phi) is 12.4. The van der Waals surface area contributed by atoms with Crippen LogP contribution in [-0.4, -0.2) is 51.0 Å². The lowest BCUT2D eigenvalue weighted by molar-refractivity contribution is 0.161. The highest BCUT2D eigenvalue weighted by atomic mass is 16.5. The van der Waals surface area contributed by atoms with Gasteiger partial charge in [-0.25, -0.2) is 0 Å². The maximum atomic E-state index is 7.23. The van der Waals surface area contributed by atoms with Gasteiger partial charge in [0, 0.05) is 19.3 Å². The fourth-order valence-corrected chi connectivity index (χ4v) is 3.92. The van der Waals surface area contributed by atoms with Crippen molar-refractivity contribution < 1.29 is 9.47 Å². The first-order chi connectivity index (χ1) is 15.8. The Morgan fingerprint density at radius 3 is 2.03 bits per heavy atom. The molecule has 0 bridgehead atoms. The molecule has 1 heterocycles. The molecule has 1 fully saturated rings. The summed E-state index contributed by atoms with van der Waals surface area (Å²) in [5, 5.41) is 7.23. The predicted molar refractivity (Wildman–Crippen MR) is 133 cm³/mol. The normalized spacial score (nSPS) is 14.3. The molecule has 0 spiro atoms. The summed E-state index contributed by atoms with van der Waals surface area (Å²) >= 11 is 0. The molecule has 1 aliphatic rings. The smallest absolute Gasteiger partial charge is 0.119 e. The predicted octanol–water partition coefficient (Wildman–Crippen LogP) is 4.06. The SMILES string of the molecule is CN.N=Cc1ccc(OCCCC2CCN(CCCOc3ccc(CN)cc3)CC2)cc1. The Hall–Kier alpha value is -2.41. The van der Waals surface area contributed by atoms with E-state index in [4.69, 9.17) is 20.6 Å². The van der Waals surface area contributed by atoms with Gasteiger partial charge in [0.05, 0.1) is 13.2 Å². The first kappa shape index (κ1) is 25.8. The van der Waals surface area contributed by atoms with Gasteiger partial charge in [-0.15, -0.1) is 0 Å². The average molecular weight is 441 g/mol. The van der Waals surface area contributed by atoms with Gasteiger partial charge in [-0.05, 0) is 106 Å². The van der Waals surface area contributed by atoms with Crippen LogP contribution < -0.4 is 20.9 Å². The topological polar surface area (TPSA) is 97.6 Å². The number of rotatable bonds is 12. The summed E-state index contributed by atoms with van der Waals surface area (Å²) in [6, 6.07) is 15.8. The van der Waals surface area contributed by atoms with Gasteiger partial charge in [0.1, 0.15) is 11.5 Å². The number of nitrogens with zero attached hydrogens (tertiary/aromatic N) is 1. The molecular formula is C26H40N4O2. The number of hydrogen-bond acceptors (Lipinski definition) is 6. The molecule has 0 unspecified atom stereocenters. The maximum Gasteiger partial charge on any atom is 0.119 e. The highest BCUT2D eigenvalue weighted by molar-refractivity contribution is 5.76. The van der Waals surface area contributed by atoms with Crippen LogP contribution in [0.25, 0.3) is 0 Å². The zero-order valence-electron chi connectivity index (χ0n) is 19.5. The van der Waals surface area contributed by atoms with E-state index in [2.05, 4.69) is 10.6 Å². The van der Waals surface area contributed by atoms with Crippen LogP contribution in [0.5, 0.6) is 11.5 Å². The second-order valence-electron chi connectivity index (χ2n) is 8.04. The summed E-state index contributed by atoms with van der Waals surface area (Å²) in [7, 11) is 1.50.